The van der Waals surface area contributed by atoms with E-state index in [1.54, 1.807) is 25.1 Å². The van der Waals surface area contributed by atoms with Crippen molar-refractivity contribution in [3.05, 3.63) is 64.1 Å². The Morgan fingerprint density at radius 2 is 2.12 bits per heavy atom. The van der Waals surface area contributed by atoms with E-state index >= 15 is 0 Å². The van der Waals surface area contributed by atoms with Gasteiger partial charge in [-0.15, -0.1) is 0 Å². The van der Waals surface area contributed by atoms with Gasteiger partial charge in [0, 0.05) is 5.92 Å². The molecule has 0 aliphatic heterocycles. The van der Waals surface area contributed by atoms with Crippen LogP contribution < -0.4 is 0 Å². The van der Waals surface area contributed by atoms with Crippen LogP contribution in [0.1, 0.15) is 30.4 Å². The zero-order chi connectivity index (χ0) is 17.1. The van der Waals surface area contributed by atoms with E-state index in [-0.39, 0.29) is 12.4 Å². The molecule has 0 saturated carbocycles. The van der Waals surface area contributed by atoms with Crippen molar-refractivity contribution in [2.45, 2.75) is 19.3 Å². The third kappa shape index (κ3) is 3.17. The van der Waals surface area contributed by atoms with Crippen molar-refractivity contribution in [1.82, 2.24) is 0 Å². The van der Waals surface area contributed by atoms with Crippen molar-refractivity contribution >= 4 is 28.7 Å². The summed E-state index contributed by atoms with van der Waals surface area (Å²) in [6.07, 6.45) is 1.92. The lowest BCUT2D eigenvalue weighted by Gasteiger charge is -2.29. The molecule has 0 bridgehead atoms. The van der Waals surface area contributed by atoms with Crippen LogP contribution in [0.5, 0.6) is 0 Å². The Labute approximate surface area is 143 Å². The summed E-state index contributed by atoms with van der Waals surface area (Å²) in [6.45, 7) is 1.88. The molecule has 0 saturated heterocycles. The number of carbonyl (C=O) groups is 2. The minimum Gasteiger partial charge on any atom is -0.465 e. The van der Waals surface area contributed by atoms with Gasteiger partial charge in [-0.05, 0) is 59.0 Å². The molecule has 1 aromatic heterocycles. The van der Waals surface area contributed by atoms with Crippen molar-refractivity contribution in [3.63, 3.8) is 0 Å². The number of hydrogen-bond donors (Lipinski definition) is 0. The van der Waals surface area contributed by atoms with Crippen LogP contribution in [-0.4, -0.2) is 18.4 Å². The highest BCUT2D eigenvalue weighted by Crippen LogP contribution is 2.41. The Bertz CT molecular complexity index is 780. The van der Waals surface area contributed by atoms with Gasteiger partial charge in [0.15, 0.2) is 5.78 Å². The maximum absolute atomic E-state index is 14.3. The average molecular weight is 344 g/mol. The first-order valence-corrected chi connectivity index (χ1v) is 8.74. The Morgan fingerprint density at radius 1 is 1.33 bits per heavy atom. The minimum absolute atomic E-state index is 0.188. The molecule has 0 radical (unpaired) electrons. The highest BCUT2D eigenvalue weighted by atomic mass is 32.1. The molecule has 0 amide bonds. The summed E-state index contributed by atoms with van der Waals surface area (Å²) in [7, 11) is 0. The Kier molecular flexibility index (Phi) is 4.90. The minimum atomic E-state index is -0.996. The van der Waals surface area contributed by atoms with Crippen molar-refractivity contribution in [3.8, 4) is 0 Å². The number of benzene rings is 1. The van der Waals surface area contributed by atoms with E-state index < -0.39 is 23.6 Å². The third-order valence-corrected chi connectivity index (χ3v) is 4.89. The number of halogens is 1. The molecule has 124 valence electrons. The predicted octanol–water partition coefficient (Wildman–Crippen LogP) is 4.21. The van der Waals surface area contributed by atoms with E-state index in [0.717, 1.165) is 11.1 Å². The summed E-state index contributed by atoms with van der Waals surface area (Å²) >= 11 is 1.53. The Balaban J connectivity index is 2.04. The zero-order valence-corrected chi connectivity index (χ0v) is 14.0. The zero-order valence-electron chi connectivity index (χ0n) is 13.2. The van der Waals surface area contributed by atoms with Gasteiger partial charge in [-0.2, -0.15) is 11.3 Å². The molecular formula is C19H17FO3S. The van der Waals surface area contributed by atoms with Crippen LogP contribution in [0.3, 0.4) is 0 Å². The summed E-state index contributed by atoms with van der Waals surface area (Å²) in [6, 6.07) is 8.22. The molecule has 1 heterocycles. The lowest BCUT2D eigenvalue weighted by atomic mass is 9.74. The van der Waals surface area contributed by atoms with Gasteiger partial charge in [-0.3, -0.25) is 9.59 Å². The summed E-state index contributed by atoms with van der Waals surface area (Å²) in [5, 5.41) is 3.87. The molecule has 1 aliphatic carbocycles. The number of rotatable bonds is 4. The number of ketones is 1. The quantitative estimate of drug-likeness (QED) is 0.616. The lowest BCUT2D eigenvalue weighted by Crippen LogP contribution is -2.34. The van der Waals surface area contributed by atoms with Crippen LogP contribution in [0, 0.1) is 11.7 Å². The predicted molar refractivity (Wildman–Crippen MR) is 91.2 cm³/mol. The average Bonchev–Trinajstić information content (AvgIpc) is 3.09. The van der Waals surface area contributed by atoms with Crippen molar-refractivity contribution in [2.75, 3.05) is 6.61 Å². The first-order valence-electron chi connectivity index (χ1n) is 7.80. The van der Waals surface area contributed by atoms with E-state index in [1.165, 1.54) is 23.5 Å². The fourth-order valence-corrected chi connectivity index (χ4v) is 3.78. The fourth-order valence-electron chi connectivity index (χ4n) is 3.10. The normalized spacial score (nSPS) is 20.6. The molecule has 3 rings (SSSR count). The second-order valence-corrected chi connectivity index (χ2v) is 6.43. The largest absolute Gasteiger partial charge is 0.465 e. The van der Waals surface area contributed by atoms with Gasteiger partial charge >= 0.3 is 5.97 Å². The second-order valence-electron chi connectivity index (χ2n) is 5.65. The van der Waals surface area contributed by atoms with E-state index in [2.05, 4.69) is 0 Å². The van der Waals surface area contributed by atoms with Gasteiger partial charge in [0.1, 0.15) is 11.7 Å². The molecule has 0 unspecified atom stereocenters. The van der Waals surface area contributed by atoms with Crippen LogP contribution in [-0.2, 0) is 14.3 Å². The number of esters is 1. The maximum Gasteiger partial charge on any atom is 0.317 e. The number of hydrogen-bond acceptors (Lipinski definition) is 4. The van der Waals surface area contributed by atoms with Gasteiger partial charge in [0.2, 0.25) is 0 Å². The highest BCUT2D eigenvalue weighted by molar-refractivity contribution is 7.08. The Hall–Kier alpha value is -2.27. The molecule has 3 nitrogen and oxygen atoms in total. The molecule has 2 aromatic rings. The molecule has 0 N–H and O–H groups in total. The topological polar surface area (TPSA) is 43.4 Å². The molecule has 5 heteroatoms. The molecule has 1 aromatic carbocycles. The van der Waals surface area contributed by atoms with Gasteiger partial charge in [0.25, 0.3) is 0 Å². The summed E-state index contributed by atoms with van der Waals surface area (Å²) in [4.78, 5) is 24.9. The Morgan fingerprint density at radius 3 is 2.79 bits per heavy atom. The van der Waals surface area contributed by atoms with Gasteiger partial charge in [-0.1, -0.05) is 18.2 Å². The van der Waals surface area contributed by atoms with Crippen LogP contribution in [0.15, 0.2) is 47.2 Å². The first kappa shape index (κ1) is 16.6. The molecular weight excluding hydrogens is 327 g/mol. The smallest absolute Gasteiger partial charge is 0.317 e. The van der Waals surface area contributed by atoms with Gasteiger partial charge in [-0.25, -0.2) is 4.39 Å². The summed E-state index contributed by atoms with van der Waals surface area (Å²) in [5.74, 6) is -2.87. The van der Waals surface area contributed by atoms with Crippen molar-refractivity contribution in [2.24, 2.45) is 5.92 Å². The summed E-state index contributed by atoms with van der Waals surface area (Å²) in [5.41, 5.74) is 2.15. The number of carbonyl (C=O) groups excluding carboxylic acids is 2. The SMILES string of the molecule is CCOC(=O)[C@H]1C(=O)C=C(c2ccsc2)C[C@H]1c1ccccc1F. The maximum atomic E-state index is 14.3. The monoisotopic (exact) mass is 344 g/mol. The van der Waals surface area contributed by atoms with Gasteiger partial charge < -0.3 is 4.74 Å². The fraction of sp³-hybridized carbons (Fsp3) is 0.263. The summed E-state index contributed by atoms with van der Waals surface area (Å²) < 4.78 is 19.4. The van der Waals surface area contributed by atoms with Crippen LogP contribution in [0.4, 0.5) is 4.39 Å². The van der Waals surface area contributed by atoms with Crippen molar-refractivity contribution in [1.29, 1.82) is 0 Å². The van der Waals surface area contributed by atoms with Crippen LogP contribution in [0.25, 0.3) is 5.57 Å². The standard InChI is InChI=1S/C19H17FO3S/c1-2-23-19(22)18-15(14-5-3-4-6-16(14)20)9-13(10-17(18)21)12-7-8-24-11-12/h3-8,10-11,15,18H,2,9H2,1H3/t15-,18+/m0/s1. The molecule has 0 spiro atoms. The van der Waals surface area contributed by atoms with E-state index in [4.69, 9.17) is 4.74 Å². The second kappa shape index (κ2) is 7.09. The molecule has 2 atom stereocenters. The van der Waals surface area contributed by atoms with E-state index in [9.17, 15) is 14.0 Å². The number of thiophene rings is 1. The lowest BCUT2D eigenvalue weighted by molar-refractivity contribution is -0.151. The number of ether oxygens (including phenoxy) is 1. The molecule has 0 fully saturated rings. The molecule has 24 heavy (non-hydrogen) atoms. The third-order valence-electron chi connectivity index (χ3n) is 4.20. The van der Waals surface area contributed by atoms with Crippen LogP contribution >= 0.6 is 11.3 Å². The van der Waals surface area contributed by atoms with Gasteiger partial charge in [0.05, 0.1) is 6.61 Å². The highest BCUT2D eigenvalue weighted by Gasteiger charge is 2.40. The van der Waals surface area contributed by atoms with E-state index in [0.29, 0.717) is 12.0 Å². The van der Waals surface area contributed by atoms with Crippen LogP contribution in [0.2, 0.25) is 0 Å². The van der Waals surface area contributed by atoms with Crippen molar-refractivity contribution < 1.29 is 18.7 Å². The molecule has 1 aliphatic rings. The number of allylic oxidation sites excluding steroid dienone is 2. The van der Waals surface area contributed by atoms with E-state index in [1.807, 2.05) is 16.8 Å². The first-order chi connectivity index (χ1) is 11.6.